The van der Waals surface area contributed by atoms with Crippen molar-refractivity contribution in [1.82, 2.24) is 9.91 Å². The third-order valence-electron chi connectivity index (χ3n) is 3.70. The number of hydrogen-bond donors (Lipinski definition) is 2. The Labute approximate surface area is 134 Å². The van der Waals surface area contributed by atoms with E-state index in [0.717, 1.165) is 30.1 Å². The summed E-state index contributed by atoms with van der Waals surface area (Å²) < 4.78 is 0. The van der Waals surface area contributed by atoms with E-state index in [-0.39, 0.29) is 0 Å². The summed E-state index contributed by atoms with van der Waals surface area (Å²) in [6, 6.07) is 0. The summed E-state index contributed by atoms with van der Waals surface area (Å²) in [4.78, 5) is 6.68. The number of hydrogen-bond acceptors (Lipinski definition) is 5. The van der Waals surface area contributed by atoms with Crippen molar-refractivity contribution in [2.24, 2.45) is 22.5 Å². The molecule has 0 bridgehead atoms. The van der Waals surface area contributed by atoms with Crippen LogP contribution in [0.4, 0.5) is 0 Å². The van der Waals surface area contributed by atoms with Gasteiger partial charge >= 0.3 is 0 Å². The predicted molar refractivity (Wildman–Crippen MR) is 94.7 cm³/mol. The van der Waals surface area contributed by atoms with Crippen molar-refractivity contribution in [3.63, 3.8) is 0 Å². The summed E-state index contributed by atoms with van der Waals surface area (Å²) >= 11 is 0. The molecule has 0 aromatic carbocycles. The Morgan fingerprint density at radius 1 is 1.45 bits per heavy atom. The van der Waals surface area contributed by atoms with Gasteiger partial charge in [-0.25, -0.2) is 10.8 Å². The Balaban J connectivity index is 2.58. The summed E-state index contributed by atoms with van der Waals surface area (Å²) in [7, 11) is 0. The molecule has 122 valence electrons. The zero-order valence-corrected chi connectivity index (χ0v) is 14.0. The molecule has 1 heterocycles. The van der Waals surface area contributed by atoms with Gasteiger partial charge in [0.1, 0.15) is 5.82 Å². The number of aliphatic imine (C=N–C) groups is 1. The molecule has 1 fully saturated rings. The monoisotopic (exact) mass is 303 g/mol. The first-order valence-corrected chi connectivity index (χ1v) is 7.61. The summed E-state index contributed by atoms with van der Waals surface area (Å²) in [5.74, 6) is 7.46. The Hall–Kier alpha value is -2.01. The number of nitrogens with two attached hydrogens (primary N) is 2. The minimum atomic E-state index is 0.525. The van der Waals surface area contributed by atoms with E-state index in [9.17, 15) is 0 Å². The lowest BCUT2D eigenvalue weighted by Crippen LogP contribution is -2.29. The normalized spacial score (nSPS) is 19.8. The van der Waals surface area contributed by atoms with E-state index in [1.54, 1.807) is 6.20 Å². The molecule has 0 amide bonds. The van der Waals surface area contributed by atoms with E-state index in [2.05, 4.69) is 30.0 Å². The number of allylic oxidation sites excluding steroid dienone is 2. The van der Waals surface area contributed by atoms with Crippen molar-refractivity contribution in [1.29, 1.82) is 0 Å². The quantitative estimate of drug-likeness (QED) is 0.328. The highest BCUT2D eigenvalue weighted by atomic mass is 15.4. The molecule has 1 unspecified atom stereocenters. The summed E-state index contributed by atoms with van der Waals surface area (Å²) in [6.45, 7) is 16.5. The Kier molecular flexibility index (Phi) is 6.92. The van der Waals surface area contributed by atoms with Crippen LogP contribution < -0.4 is 11.6 Å². The molecule has 5 nitrogen and oxygen atoms in total. The highest BCUT2D eigenvalue weighted by Crippen LogP contribution is 2.19. The maximum absolute atomic E-state index is 5.94. The van der Waals surface area contributed by atoms with Crippen molar-refractivity contribution in [2.75, 3.05) is 19.6 Å². The van der Waals surface area contributed by atoms with Gasteiger partial charge in [-0.15, -0.1) is 0 Å². The highest BCUT2D eigenvalue weighted by Gasteiger charge is 2.18. The van der Waals surface area contributed by atoms with Gasteiger partial charge in [-0.3, -0.25) is 0 Å². The summed E-state index contributed by atoms with van der Waals surface area (Å²) in [5, 5.41) is 1.53. The van der Waals surface area contributed by atoms with E-state index < -0.39 is 0 Å². The molecule has 1 aliphatic heterocycles. The highest BCUT2D eigenvalue weighted by molar-refractivity contribution is 5.79. The fraction of sp³-hybridized carbons (Fsp3) is 0.471. The maximum Gasteiger partial charge on any atom is 0.121 e. The first-order valence-electron chi connectivity index (χ1n) is 7.61. The molecule has 0 aliphatic carbocycles. The second-order valence-corrected chi connectivity index (χ2v) is 5.91. The average molecular weight is 303 g/mol. The van der Waals surface area contributed by atoms with Crippen LogP contribution in [0.3, 0.4) is 0 Å². The average Bonchev–Trinajstić information content (AvgIpc) is 2.89. The standard InChI is InChI=1S/C17H29N5/c1-6-16(11-22(19)12-17(18)13(2)3)9-20-15(5)21-8-7-14(4)10-21/h6,9,12,14H,2,5,7-8,10-11,18-19H2,1,3-4H3/b16-6+,17-12-,20-9?. The molecule has 0 radical (unpaired) electrons. The predicted octanol–water partition coefficient (Wildman–Crippen LogP) is 2.37. The van der Waals surface area contributed by atoms with Crippen LogP contribution in [0.2, 0.25) is 0 Å². The number of hydrazine groups is 1. The topological polar surface area (TPSA) is 70.9 Å². The van der Waals surface area contributed by atoms with Gasteiger partial charge in [0.2, 0.25) is 0 Å². The summed E-state index contributed by atoms with van der Waals surface area (Å²) in [6.07, 6.45) is 6.67. The fourth-order valence-electron chi connectivity index (χ4n) is 2.16. The van der Waals surface area contributed by atoms with Crippen LogP contribution in [-0.4, -0.2) is 35.8 Å². The van der Waals surface area contributed by atoms with Gasteiger partial charge in [-0.1, -0.05) is 26.2 Å². The van der Waals surface area contributed by atoms with Crippen LogP contribution in [-0.2, 0) is 0 Å². The van der Waals surface area contributed by atoms with Gasteiger partial charge in [0.25, 0.3) is 0 Å². The lowest BCUT2D eigenvalue weighted by Gasteiger charge is -2.18. The molecule has 1 atom stereocenters. The van der Waals surface area contributed by atoms with Crippen LogP contribution in [0.1, 0.15) is 27.2 Å². The second-order valence-electron chi connectivity index (χ2n) is 5.91. The molecular formula is C17H29N5. The molecule has 22 heavy (non-hydrogen) atoms. The zero-order valence-electron chi connectivity index (χ0n) is 14.0. The molecule has 0 aromatic heterocycles. The van der Waals surface area contributed by atoms with Crippen LogP contribution in [0.25, 0.3) is 0 Å². The second kappa shape index (κ2) is 8.44. The van der Waals surface area contributed by atoms with E-state index in [4.69, 9.17) is 11.6 Å². The first kappa shape index (κ1) is 18.0. The Morgan fingerprint density at radius 2 is 2.14 bits per heavy atom. The Bertz CT molecular complexity index is 501. The van der Waals surface area contributed by atoms with Gasteiger partial charge in [-0.05, 0) is 37.3 Å². The van der Waals surface area contributed by atoms with E-state index in [1.165, 1.54) is 11.4 Å². The molecule has 1 rings (SSSR count). The van der Waals surface area contributed by atoms with Crippen molar-refractivity contribution in [3.8, 4) is 0 Å². The van der Waals surface area contributed by atoms with Crippen molar-refractivity contribution >= 4 is 6.21 Å². The molecular weight excluding hydrogens is 274 g/mol. The smallest absolute Gasteiger partial charge is 0.121 e. The number of likely N-dealkylation sites (tertiary alicyclic amines) is 1. The van der Waals surface area contributed by atoms with Gasteiger partial charge in [-0.2, -0.15) is 0 Å². The molecule has 4 N–H and O–H groups in total. The third kappa shape index (κ3) is 5.77. The first-order chi connectivity index (χ1) is 10.3. The molecule has 5 heteroatoms. The Morgan fingerprint density at radius 3 is 2.64 bits per heavy atom. The third-order valence-corrected chi connectivity index (χ3v) is 3.70. The largest absolute Gasteiger partial charge is 0.397 e. The van der Waals surface area contributed by atoms with E-state index in [1.807, 2.05) is 26.1 Å². The maximum atomic E-state index is 5.94. The van der Waals surface area contributed by atoms with Crippen LogP contribution in [0.15, 0.2) is 53.1 Å². The van der Waals surface area contributed by atoms with Crippen molar-refractivity contribution in [3.05, 3.63) is 48.1 Å². The van der Waals surface area contributed by atoms with E-state index >= 15 is 0 Å². The molecule has 0 aromatic rings. The number of rotatable bonds is 7. The van der Waals surface area contributed by atoms with Crippen molar-refractivity contribution < 1.29 is 0 Å². The van der Waals surface area contributed by atoms with Gasteiger partial charge in [0, 0.05) is 25.5 Å². The number of nitrogens with zero attached hydrogens (tertiary/aromatic N) is 3. The van der Waals surface area contributed by atoms with Gasteiger partial charge in [0.15, 0.2) is 0 Å². The minimum absolute atomic E-state index is 0.525. The lowest BCUT2D eigenvalue weighted by atomic mass is 10.2. The summed E-state index contributed by atoms with van der Waals surface area (Å²) in [5.41, 5.74) is 8.19. The van der Waals surface area contributed by atoms with Crippen LogP contribution >= 0.6 is 0 Å². The van der Waals surface area contributed by atoms with Crippen LogP contribution in [0.5, 0.6) is 0 Å². The fourth-order valence-corrected chi connectivity index (χ4v) is 2.16. The lowest BCUT2D eigenvalue weighted by molar-refractivity contribution is 0.408. The molecule has 0 spiro atoms. The van der Waals surface area contributed by atoms with Gasteiger partial charge in [0.05, 0.1) is 12.2 Å². The van der Waals surface area contributed by atoms with Crippen molar-refractivity contribution in [2.45, 2.75) is 27.2 Å². The van der Waals surface area contributed by atoms with Gasteiger partial charge < -0.3 is 15.6 Å². The SMILES string of the molecule is C=C(C)/C(N)=C/N(N)C/C(C=NC(=C)N1CCC(C)C1)=C/C. The van der Waals surface area contributed by atoms with Crippen LogP contribution in [0, 0.1) is 5.92 Å². The zero-order chi connectivity index (χ0) is 16.7. The molecule has 0 saturated carbocycles. The van der Waals surface area contributed by atoms with E-state index in [0.29, 0.717) is 18.2 Å². The minimum Gasteiger partial charge on any atom is -0.397 e. The molecule has 1 aliphatic rings. The molecule has 1 saturated heterocycles.